The predicted molar refractivity (Wildman–Crippen MR) is 78.6 cm³/mol. The second-order valence-corrected chi connectivity index (χ2v) is 4.96. The lowest BCUT2D eigenvalue weighted by molar-refractivity contribution is -0.135. The third kappa shape index (κ3) is 3.98. The first kappa shape index (κ1) is 18.0. The molecule has 0 aromatic rings. The number of hydrogen-bond donors (Lipinski definition) is 1. The molecule has 0 spiro atoms. The Morgan fingerprint density at radius 3 is 2.17 bits per heavy atom. The van der Waals surface area contributed by atoms with Crippen molar-refractivity contribution < 1.29 is 4.79 Å². The van der Waals surface area contributed by atoms with Crippen molar-refractivity contribution in [2.24, 2.45) is 5.73 Å². The monoisotopic (exact) mass is 297 g/mol. The van der Waals surface area contributed by atoms with Gasteiger partial charge in [0.2, 0.25) is 5.91 Å². The van der Waals surface area contributed by atoms with Crippen LogP contribution in [0.25, 0.3) is 0 Å². The van der Waals surface area contributed by atoms with Crippen molar-refractivity contribution in [2.75, 3.05) is 26.2 Å². The van der Waals surface area contributed by atoms with E-state index in [2.05, 4.69) is 4.90 Å². The number of halogens is 2. The van der Waals surface area contributed by atoms with Crippen LogP contribution in [0.2, 0.25) is 0 Å². The lowest BCUT2D eigenvalue weighted by atomic mass is 9.91. The minimum atomic E-state index is -0.296. The minimum Gasteiger partial charge on any atom is -0.339 e. The van der Waals surface area contributed by atoms with Gasteiger partial charge in [0.1, 0.15) is 0 Å². The van der Waals surface area contributed by atoms with E-state index < -0.39 is 0 Å². The van der Waals surface area contributed by atoms with Crippen LogP contribution in [0.3, 0.4) is 0 Å². The molecule has 6 heteroatoms. The van der Waals surface area contributed by atoms with E-state index in [1.165, 1.54) is 19.3 Å². The molecular weight excluding hydrogens is 273 g/mol. The smallest absolute Gasteiger partial charge is 0.239 e. The van der Waals surface area contributed by atoms with Crippen molar-refractivity contribution in [1.82, 2.24) is 9.80 Å². The minimum absolute atomic E-state index is 0. The molecule has 2 rings (SSSR count). The number of nitrogens with zero attached hydrogens (tertiary/aromatic N) is 2. The summed E-state index contributed by atoms with van der Waals surface area (Å²) >= 11 is 0. The van der Waals surface area contributed by atoms with Gasteiger partial charge in [0.25, 0.3) is 0 Å². The normalized spacial score (nSPS) is 22.4. The second kappa shape index (κ2) is 8.20. The van der Waals surface area contributed by atoms with Crippen LogP contribution in [0.5, 0.6) is 0 Å². The molecule has 0 bridgehead atoms. The quantitative estimate of drug-likeness (QED) is 0.853. The average molecular weight is 298 g/mol. The molecule has 2 fully saturated rings. The number of carbonyl (C=O) groups excluding carboxylic acids is 1. The van der Waals surface area contributed by atoms with Crippen molar-refractivity contribution >= 4 is 30.7 Å². The number of nitrogens with two attached hydrogens (primary N) is 1. The van der Waals surface area contributed by atoms with Gasteiger partial charge in [0.05, 0.1) is 6.04 Å². The van der Waals surface area contributed by atoms with E-state index in [4.69, 9.17) is 5.73 Å². The van der Waals surface area contributed by atoms with Crippen molar-refractivity contribution in [1.29, 1.82) is 0 Å². The maximum atomic E-state index is 11.9. The van der Waals surface area contributed by atoms with Crippen LogP contribution in [0, 0.1) is 0 Å². The molecule has 1 saturated heterocycles. The van der Waals surface area contributed by atoms with Crippen LogP contribution in [-0.4, -0.2) is 54.0 Å². The molecule has 18 heavy (non-hydrogen) atoms. The molecule has 0 unspecified atom stereocenters. The van der Waals surface area contributed by atoms with E-state index in [1.54, 1.807) is 0 Å². The van der Waals surface area contributed by atoms with Crippen molar-refractivity contribution in [3.63, 3.8) is 0 Å². The van der Waals surface area contributed by atoms with E-state index in [0.717, 1.165) is 38.6 Å². The van der Waals surface area contributed by atoms with E-state index in [9.17, 15) is 4.79 Å². The summed E-state index contributed by atoms with van der Waals surface area (Å²) in [6.45, 7) is 5.76. The van der Waals surface area contributed by atoms with E-state index in [0.29, 0.717) is 0 Å². The van der Waals surface area contributed by atoms with Crippen LogP contribution < -0.4 is 5.73 Å². The van der Waals surface area contributed by atoms with Crippen molar-refractivity contribution in [3.8, 4) is 0 Å². The van der Waals surface area contributed by atoms with Crippen LogP contribution in [-0.2, 0) is 4.79 Å². The molecule has 1 aliphatic carbocycles. The number of piperazine rings is 1. The molecule has 108 valence electrons. The summed E-state index contributed by atoms with van der Waals surface area (Å²) in [5.41, 5.74) is 5.77. The van der Waals surface area contributed by atoms with Crippen molar-refractivity contribution in [2.45, 2.75) is 44.7 Å². The summed E-state index contributed by atoms with van der Waals surface area (Å²) in [5, 5.41) is 0. The molecule has 0 aromatic heterocycles. The largest absolute Gasteiger partial charge is 0.339 e. The molecule has 1 saturated carbocycles. The average Bonchev–Trinajstić information content (AvgIpc) is 2.26. The van der Waals surface area contributed by atoms with Gasteiger partial charge in [0.15, 0.2) is 0 Å². The fourth-order valence-corrected chi connectivity index (χ4v) is 2.47. The SMILES string of the molecule is CC[C@H](N)C(=O)N1CCN(C2CCC2)CC1.Cl.Cl. The lowest BCUT2D eigenvalue weighted by Crippen LogP contribution is -2.56. The fraction of sp³-hybridized carbons (Fsp3) is 0.917. The Hall–Kier alpha value is -0.0300. The first-order chi connectivity index (χ1) is 7.72. The summed E-state index contributed by atoms with van der Waals surface area (Å²) in [6.07, 6.45) is 4.82. The van der Waals surface area contributed by atoms with Crippen LogP contribution in [0.15, 0.2) is 0 Å². The Morgan fingerprint density at radius 1 is 1.22 bits per heavy atom. The Kier molecular flexibility index (Phi) is 8.19. The number of amides is 1. The van der Waals surface area contributed by atoms with Gasteiger partial charge in [-0.2, -0.15) is 0 Å². The lowest BCUT2D eigenvalue weighted by Gasteiger charge is -2.43. The van der Waals surface area contributed by atoms with E-state index >= 15 is 0 Å². The van der Waals surface area contributed by atoms with Gasteiger partial charge >= 0.3 is 0 Å². The molecule has 1 atom stereocenters. The number of rotatable bonds is 3. The molecule has 0 aromatic carbocycles. The maximum Gasteiger partial charge on any atom is 0.239 e. The zero-order valence-electron chi connectivity index (χ0n) is 11.0. The summed E-state index contributed by atoms with van der Waals surface area (Å²) in [6, 6.07) is 0.507. The van der Waals surface area contributed by atoms with Crippen LogP contribution >= 0.6 is 24.8 Å². The third-order valence-corrected chi connectivity index (χ3v) is 3.97. The third-order valence-electron chi connectivity index (χ3n) is 3.97. The van der Waals surface area contributed by atoms with Gasteiger partial charge in [-0.3, -0.25) is 9.69 Å². The summed E-state index contributed by atoms with van der Waals surface area (Å²) in [4.78, 5) is 16.3. The zero-order chi connectivity index (χ0) is 11.5. The first-order valence-electron chi connectivity index (χ1n) is 6.50. The van der Waals surface area contributed by atoms with E-state index in [1.807, 2.05) is 11.8 Å². The molecule has 1 amide bonds. The molecular formula is C12H25Cl2N3O. The van der Waals surface area contributed by atoms with Crippen LogP contribution in [0.1, 0.15) is 32.6 Å². The molecule has 4 nitrogen and oxygen atoms in total. The van der Waals surface area contributed by atoms with E-state index in [-0.39, 0.29) is 36.8 Å². The highest BCUT2D eigenvalue weighted by atomic mass is 35.5. The predicted octanol–water partition coefficient (Wildman–Crippen LogP) is 1.26. The van der Waals surface area contributed by atoms with Gasteiger partial charge in [-0.1, -0.05) is 13.3 Å². The molecule has 1 heterocycles. The fourth-order valence-electron chi connectivity index (χ4n) is 2.47. The Bertz CT molecular complexity index is 254. The van der Waals surface area contributed by atoms with Gasteiger partial charge in [-0.25, -0.2) is 0 Å². The highest BCUT2D eigenvalue weighted by Crippen LogP contribution is 2.25. The summed E-state index contributed by atoms with van der Waals surface area (Å²) in [5.74, 6) is 0.135. The van der Waals surface area contributed by atoms with Gasteiger partial charge in [-0.05, 0) is 19.3 Å². The number of carbonyl (C=O) groups is 1. The summed E-state index contributed by atoms with van der Waals surface area (Å²) < 4.78 is 0. The molecule has 2 N–H and O–H groups in total. The topological polar surface area (TPSA) is 49.6 Å². The zero-order valence-corrected chi connectivity index (χ0v) is 12.6. The first-order valence-corrected chi connectivity index (χ1v) is 6.50. The maximum absolute atomic E-state index is 11.9. The standard InChI is InChI=1S/C12H23N3O.2ClH/c1-2-11(13)12(16)15-8-6-14(7-9-15)10-4-3-5-10;;/h10-11H,2-9,13H2,1H3;2*1H/t11-;;/m0../s1. The number of hydrogen-bond acceptors (Lipinski definition) is 3. The van der Waals surface area contributed by atoms with Gasteiger partial charge in [0, 0.05) is 32.2 Å². The second-order valence-electron chi connectivity index (χ2n) is 4.96. The highest BCUT2D eigenvalue weighted by Gasteiger charge is 2.30. The van der Waals surface area contributed by atoms with Crippen molar-refractivity contribution in [3.05, 3.63) is 0 Å². The van der Waals surface area contributed by atoms with Gasteiger partial charge < -0.3 is 10.6 Å². The summed E-state index contributed by atoms with van der Waals surface area (Å²) in [7, 11) is 0. The molecule has 1 aliphatic heterocycles. The highest BCUT2D eigenvalue weighted by molar-refractivity contribution is 5.85. The Morgan fingerprint density at radius 2 is 1.78 bits per heavy atom. The van der Waals surface area contributed by atoms with Crippen LogP contribution in [0.4, 0.5) is 0 Å². The molecule has 0 radical (unpaired) electrons. The Labute approximate surface area is 122 Å². The van der Waals surface area contributed by atoms with Gasteiger partial charge in [-0.15, -0.1) is 24.8 Å². The molecule has 2 aliphatic rings. The Balaban J connectivity index is 0.00000144.